The van der Waals surface area contributed by atoms with Gasteiger partial charge in [0.05, 0.1) is 13.2 Å². The molecule has 0 unspecified atom stereocenters. The molecule has 3 rings (SSSR count). The van der Waals surface area contributed by atoms with Gasteiger partial charge in [0.25, 0.3) is 0 Å². The van der Waals surface area contributed by atoms with Crippen LogP contribution < -0.4 is 4.74 Å². The molecular weight excluding hydrogens is 314 g/mol. The van der Waals surface area contributed by atoms with E-state index in [0.717, 1.165) is 70.6 Å². The number of hydrogen-bond donors (Lipinski definition) is 0. The van der Waals surface area contributed by atoms with Crippen LogP contribution in [0.1, 0.15) is 37.7 Å². The van der Waals surface area contributed by atoms with Gasteiger partial charge in [0.2, 0.25) is 5.91 Å². The van der Waals surface area contributed by atoms with Crippen molar-refractivity contribution in [2.24, 2.45) is 5.41 Å². The number of ether oxygens (including phenoxy) is 1. The molecule has 0 radical (unpaired) electrons. The molecule has 1 aliphatic carbocycles. The predicted octanol–water partition coefficient (Wildman–Crippen LogP) is 2.81. The third kappa shape index (κ3) is 3.96. The first kappa shape index (κ1) is 17.8. The number of carbonyl (C=O) groups is 1. The summed E-state index contributed by atoms with van der Waals surface area (Å²) in [5, 5.41) is 9.56. The van der Waals surface area contributed by atoms with E-state index in [-0.39, 0.29) is 5.91 Å². The molecule has 5 heteroatoms. The van der Waals surface area contributed by atoms with Gasteiger partial charge in [-0.2, -0.15) is 5.26 Å². The van der Waals surface area contributed by atoms with Gasteiger partial charge < -0.3 is 9.64 Å². The summed E-state index contributed by atoms with van der Waals surface area (Å²) in [7, 11) is 1.67. The Bertz CT molecular complexity index is 629. The summed E-state index contributed by atoms with van der Waals surface area (Å²) < 4.78 is 5.20. The van der Waals surface area contributed by atoms with Crippen LogP contribution in [0.4, 0.5) is 0 Å². The Hall–Kier alpha value is -2.06. The summed E-state index contributed by atoms with van der Waals surface area (Å²) in [4.78, 5) is 17.2. The lowest BCUT2D eigenvalue weighted by Crippen LogP contribution is -2.43. The molecule has 0 aromatic heterocycles. The quantitative estimate of drug-likeness (QED) is 0.845. The molecule has 5 nitrogen and oxygen atoms in total. The van der Waals surface area contributed by atoms with Gasteiger partial charge in [-0.25, -0.2) is 0 Å². The van der Waals surface area contributed by atoms with Crippen molar-refractivity contribution in [3.05, 3.63) is 29.8 Å². The van der Waals surface area contributed by atoms with Crippen LogP contribution in [0.5, 0.6) is 5.75 Å². The fourth-order valence-corrected chi connectivity index (χ4v) is 3.98. The number of amides is 1. The van der Waals surface area contributed by atoms with Crippen LogP contribution in [0.2, 0.25) is 0 Å². The van der Waals surface area contributed by atoms with Crippen molar-refractivity contribution in [1.29, 1.82) is 5.26 Å². The highest BCUT2D eigenvalue weighted by atomic mass is 16.5. The fraction of sp³-hybridized carbons (Fsp3) is 0.600. The first-order valence-corrected chi connectivity index (χ1v) is 9.23. The maximum absolute atomic E-state index is 12.9. The van der Waals surface area contributed by atoms with Gasteiger partial charge >= 0.3 is 0 Å². The zero-order valence-corrected chi connectivity index (χ0v) is 15.0. The van der Waals surface area contributed by atoms with Gasteiger partial charge in [-0.15, -0.1) is 0 Å². The molecule has 1 aliphatic heterocycles. The number of hydrogen-bond acceptors (Lipinski definition) is 4. The normalized spacial score (nSPS) is 20.7. The van der Waals surface area contributed by atoms with Gasteiger partial charge in [0, 0.05) is 32.7 Å². The zero-order chi connectivity index (χ0) is 17.7. The van der Waals surface area contributed by atoms with Crippen molar-refractivity contribution < 1.29 is 9.53 Å². The topological polar surface area (TPSA) is 56.6 Å². The lowest BCUT2D eigenvalue weighted by Gasteiger charge is -2.29. The van der Waals surface area contributed by atoms with Crippen LogP contribution in [0.15, 0.2) is 24.3 Å². The Morgan fingerprint density at radius 3 is 2.48 bits per heavy atom. The number of benzene rings is 1. The van der Waals surface area contributed by atoms with E-state index in [1.165, 1.54) is 5.56 Å². The highest BCUT2D eigenvalue weighted by Crippen LogP contribution is 2.39. The minimum absolute atomic E-state index is 0.0683. The van der Waals surface area contributed by atoms with Crippen molar-refractivity contribution in [3.63, 3.8) is 0 Å². The largest absolute Gasteiger partial charge is 0.497 e. The van der Waals surface area contributed by atoms with Crippen LogP contribution in [0.3, 0.4) is 0 Å². The lowest BCUT2D eigenvalue weighted by atomic mass is 9.86. The van der Waals surface area contributed by atoms with Crippen LogP contribution >= 0.6 is 0 Å². The summed E-state index contributed by atoms with van der Waals surface area (Å²) in [6, 6.07) is 10.5. The van der Waals surface area contributed by atoms with E-state index in [0.29, 0.717) is 0 Å². The Kier molecular flexibility index (Phi) is 5.60. The molecule has 0 atom stereocenters. The zero-order valence-electron chi connectivity index (χ0n) is 15.0. The second kappa shape index (κ2) is 7.88. The highest BCUT2D eigenvalue weighted by molar-refractivity contribution is 5.85. The third-order valence-electron chi connectivity index (χ3n) is 5.52. The first-order chi connectivity index (χ1) is 12.2. The van der Waals surface area contributed by atoms with E-state index in [1.807, 2.05) is 17.0 Å². The number of carbonyl (C=O) groups excluding carboxylic acids is 1. The summed E-state index contributed by atoms with van der Waals surface area (Å²) >= 11 is 0. The summed E-state index contributed by atoms with van der Waals surface area (Å²) in [6.45, 7) is 4.21. The van der Waals surface area contributed by atoms with E-state index in [4.69, 9.17) is 4.74 Å². The second-order valence-electron chi connectivity index (χ2n) is 7.17. The Labute approximate surface area is 150 Å². The molecule has 1 heterocycles. The molecule has 2 aliphatic rings. The number of rotatable bonds is 4. The third-order valence-corrected chi connectivity index (χ3v) is 5.52. The molecule has 1 aromatic rings. The molecule has 0 N–H and O–H groups in total. The van der Waals surface area contributed by atoms with Crippen LogP contribution in [0.25, 0.3) is 0 Å². The van der Waals surface area contributed by atoms with Gasteiger partial charge in [-0.05, 0) is 37.0 Å². The van der Waals surface area contributed by atoms with Gasteiger partial charge in [-0.3, -0.25) is 9.69 Å². The van der Waals surface area contributed by atoms with E-state index in [2.05, 4.69) is 23.1 Å². The Morgan fingerprint density at radius 2 is 1.84 bits per heavy atom. The smallest absolute Gasteiger partial charge is 0.243 e. The molecule has 0 spiro atoms. The highest BCUT2D eigenvalue weighted by Gasteiger charge is 2.44. The van der Waals surface area contributed by atoms with E-state index < -0.39 is 5.41 Å². The predicted molar refractivity (Wildman–Crippen MR) is 96.0 cm³/mol. The molecule has 1 aromatic carbocycles. The van der Waals surface area contributed by atoms with Crippen molar-refractivity contribution in [2.75, 3.05) is 33.3 Å². The van der Waals surface area contributed by atoms with Gasteiger partial charge in [0.1, 0.15) is 11.2 Å². The van der Waals surface area contributed by atoms with Crippen molar-refractivity contribution in [2.45, 2.75) is 38.6 Å². The minimum atomic E-state index is -0.745. The fourth-order valence-electron chi connectivity index (χ4n) is 3.98. The average molecular weight is 341 g/mol. The standard InChI is InChI=1S/C20H27N3O2/c1-25-18-7-5-17(6-8-18)15-22-11-4-12-23(14-13-22)19(24)20(16-21)9-2-3-10-20/h5-8H,2-4,9-15H2,1H3. The second-order valence-corrected chi connectivity index (χ2v) is 7.17. The van der Waals surface area contributed by atoms with Crippen LogP contribution in [-0.4, -0.2) is 49.0 Å². The van der Waals surface area contributed by atoms with Crippen LogP contribution in [0, 0.1) is 16.7 Å². The molecule has 2 fully saturated rings. The maximum Gasteiger partial charge on any atom is 0.243 e. The molecule has 134 valence electrons. The van der Waals surface area contributed by atoms with E-state index >= 15 is 0 Å². The van der Waals surface area contributed by atoms with E-state index in [9.17, 15) is 10.1 Å². The molecule has 0 bridgehead atoms. The molecule has 1 saturated carbocycles. The lowest BCUT2D eigenvalue weighted by molar-refractivity contribution is -0.138. The number of nitriles is 1. The minimum Gasteiger partial charge on any atom is -0.497 e. The number of methoxy groups -OCH3 is 1. The van der Waals surface area contributed by atoms with Crippen molar-refractivity contribution >= 4 is 5.91 Å². The Morgan fingerprint density at radius 1 is 1.12 bits per heavy atom. The number of nitrogens with zero attached hydrogens (tertiary/aromatic N) is 3. The average Bonchev–Trinajstić information content (AvgIpc) is 3.03. The first-order valence-electron chi connectivity index (χ1n) is 9.23. The monoisotopic (exact) mass is 341 g/mol. The maximum atomic E-state index is 12.9. The molecular formula is C20H27N3O2. The van der Waals surface area contributed by atoms with Crippen molar-refractivity contribution in [1.82, 2.24) is 9.80 Å². The summed E-state index contributed by atoms with van der Waals surface area (Å²) in [5.41, 5.74) is 0.510. The van der Waals surface area contributed by atoms with Crippen LogP contribution in [-0.2, 0) is 11.3 Å². The summed E-state index contributed by atoms with van der Waals surface area (Å²) in [6.07, 6.45) is 4.42. The molecule has 1 amide bonds. The summed E-state index contributed by atoms with van der Waals surface area (Å²) in [5.74, 6) is 0.938. The molecule has 25 heavy (non-hydrogen) atoms. The van der Waals surface area contributed by atoms with E-state index in [1.54, 1.807) is 7.11 Å². The SMILES string of the molecule is COc1ccc(CN2CCCN(C(=O)C3(C#N)CCCC3)CC2)cc1. The Balaban J connectivity index is 1.58. The van der Waals surface area contributed by atoms with Gasteiger partial charge in [-0.1, -0.05) is 25.0 Å². The van der Waals surface area contributed by atoms with Gasteiger partial charge in [0.15, 0.2) is 0 Å². The van der Waals surface area contributed by atoms with Crippen molar-refractivity contribution in [3.8, 4) is 11.8 Å². The molecule has 1 saturated heterocycles.